The van der Waals surface area contributed by atoms with Crippen molar-refractivity contribution in [2.75, 3.05) is 5.32 Å². The summed E-state index contributed by atoms with van der Waals surface area (Å²) in [6.07, 6.45) is 5.34. The third-order valence-electron chi connectivity index (χ3n) is 6.37. The van der Waals surface area contributed by atoms with Gasteiger partial charge < -0.3 is 10.2 Å². The van der Waals surface area contributed by atoms with E-state index in [9.17, 15) is 14.0 Å². The first-order valence-corrected chi connectivity index (χ1v) is 12.2. The van der Waals surface area contributed by atoms with Gasteiger partial charge in [-0.15, -0.1) is 0 Å². The van der Waals surface area contributed by atoms with Crippen molar-refractivity contribution in [3.63, 3.8) is 0 Å². The molecule has 33 heavy (non-hydrogen) atoms. The Hall–Kier alpha value is -3.12. The fourth-order valence-electron chi connectivity index (χ4n) is 4.61. The second kappa shape index (κ2) is 9.40. The van der Waals surface area contributed by atoms with E-state index in [0.717, 1.165) is 41.0 Å². The Kier molecular flexibility index (Phi) is 6.18. The van der Waals surface area contributed by atoms with Crippen LogP contribution >= 0.6 is 11.8 Å². The van der Waals surface area contributed by atoms with Gasteiger partial charge in [0.2, 0.25) is 0 Å². The maximum absolute atomic E-state index is 13.7. The van der Waals surface area contributed by atoms with Crippen molar-refractivity contribution in [2.24, 2.45) is 0 Å². The lowest BCUT2D eigenvalue weighted by Gasteiger charge is -2.35. The van der Waals surface area contributed by atoms with E-state index in [2.05, 4.69) is 5.32 Å². The van der Waals surface area contributed by atoms with Crippen LogP contribution in [0.15, 0.2) is 76.5 Å². The molecule has 1 saturated carbocycles. The molecule has 3 aromatic rings. The molecule has 0 spiro atoms. The first kappa shape index (κ1) is 21.7. The highest BCUT2D eigenvalue weighted by atomic mass is 32.2. The van der Waals surface area contributed by atoms with Gasteiger partial charge in [-0.1, -0.05) is 55.3 Å². The number of amides is 2. The predicted octanol–water partition coefficient (Wildman–Crippen LogP) is 6.52. The molecule has 3 aromatic carbocycles. The SMILES string of the molecule is O=C1Nc2cc(C(=O)N(Cc3ccc(F)cc3)C3CCCCC3)ccc2Sc2ccccc21. The third kappa shape index (κ3) is 4.67. The summed E-state index contributed by atoms with van der Waals surface area (Å²) >= 11 is 1.52. The highest BCUT2D eigenvalue weighted by molar-refractivity contribution is 7.99. The van der Waals surface area contributed by atoms with Gasteiger partial charge in [0.05, 0.1) is 11.3 Å². The number of hydrogen-bond acceptors (Lipinski definition) is 3. The van der Waals surface area contributed by atoms with Crippen molar-refractivity contribution < 1.29 is 14.0 Å². The molecule has 0 atom stereocenters. The number of fused-ring (bicyclic) bond motifs is 2. The number of nitrogens with one attached hydrogen (secondary N) is 1. The quantitative estimate of drug-likeness (QED) is 0.482. The van der Waals surface area contributed by atoms with Crippen molar-refractivity contribution >= 4 is 29.3 Å². The van der Waals surface area contributed by atoms with Crippen LogP contribution in [0.4, 0.5) is 10.1 Å². The zero-order chi connectivity index (χ0) is 22.8. The number of carbonyl (C=O) groups is 2. The fourth-order valence-corrected chi connectivity index (χ4v) is 5.62. The fraction of sp³-hybridized carbons (Fsp3) is 0.259. The normalized spacial score (nSPS) is 15.7. The van der Waals surface area contributed by atoms with Crippen LogP contribution in [0.1, 0.15) is 58.4 Å². The summed E-state index contributed by atoms with van der Waals surface area (Å²) in [6.45, 7) is 0.438. The van der Waals surface area contributed by atoms with Gasteiger partial charge in [0.15, 0.2) is 0 Å². The average Bonchev–Trinajstić information content (AvgIpc) is 2.99. The van der Waals surface area contributed by atoms with E-state index in [1.54, 1.807) is 18.2 Å². The summed E-state index contributed by atoms with van der Waals surface area (Å²) < 4.78 is 13.4. The van der Waals surface area contributed by atoms with Crippen LogP contribution in [0.25, 0.3) is 0 Å². The molecule has 1 aliphatic carbocycles. The van der Waals surface area contributed by atoms with Gasteiger partial charge in [0.1, 0.15) is 5.82 Å². The number of hydrogen-bond donors (Lipinski definition) is 1. The lowest BCUT2D eigenvalue weighted by atomic mass is 9.93. The molecule has 2 aliphatic rings. The summed E-state index contributed by atoms with van der Waals surface area (Å²) in [5.41, 5.74) is 2.74. The second-order valence-corrected chi connectivity index (χ2v) is 9.70. The molecule has 1 aliphatic heterocycles. The van der Waals surface area contributed by atoms with Crippen LogP contribution in [0.3, 0.4) is 0 Å². The molecular formula is C27H25FN2O2S. The summed E-state index contributed by atoms with van der Waals surface area (Å²) in [6, 6.07) is 19.6. The van der Waals surface area contributed by atoms with Gasteiger partial charge >= 0.3 is 0 Å². The van der Waals surface area contributed by atoms with E-state index in [0.29, 0.717) is 23.4 Å². The van der Waals surface area contributed by atoms with Crippen LogP contribution < -0.4 is 5.32 Å². The molecule has 168 valence electrons. The minimum absolute atomic E-state index is 0.0602. The lowest BCUT2D eigenvalue weighted by molar-refractivity contribution is 0.0614. The standard InChI is InChI=1S/C27H25FN2O2S/c28-20-13-10-18(11-14-20)17-30(21-6-2-1-3-7-21)27(32)19-12-15-25-23(16-19)29-26(31)22-8-4-5-9-24(22)33-25/h4-5,8-16,21H,1-3,6-7,17H2,(H,29,31). The minimum atomic E-state index is -0.283. The first-order valence-electron chi connectivity index (χ1n) is 11.4. The van der Waals surface area contributed by atoms with E-state index in [1.807, 2.05) is 41.3 Å². The summed E-state index contributed by atoms with van der Waals surface area (Å²) in [5, 5.41) is 2.98. The molecule has 6 heteroatoms. The van der Waals surface area contributed by atoms with Crippen LogP contribution in [-0.4, -0.2) is 22.8 Å². The van der Waals surface area contributed by atoms with Crippen molar-refractivity contribution in [1.29, 1.82) is 0 Å². The number of rotatable bonds is 4. The highest BCUT2D eigenvalue weighted by Crippen LogP contribution is 2.39. The molecule has 0 unspecified atom stereocenters. The average molecular weight is 461 g/mol. The Labute approximate surface area is 197 Å². The first-order chi connectivity index (χ1) is 16.1. The monoisotopic (exact) mass is 460 g/mol. The molecule has 1 fully saturated rings. The largest absolute Gasteiger partial charge is 0.331 e. The van der Waals surface area contributed by atoms with Gasteiger partial charge in [-0.25, -0.2) is 4.39 Å². The smallest absolute Gasteiger partial charge is 0.256 e. The zero-order valence-corrected chi connectivity index (χ0v) is 19.0. The Balaban J connectivity index is 1.45. The van der Waals surface area contributed by atoms with Crippen LogP contribution in [-0.2, 0) is 6.54 Å². The molecule has 5 rings (SSSR count). The lowest BCUT2D eigenvalue weighted by Crippen LogP contribution is -2.41. The maximum atomic E-state index is 13.7. The molecule has 1 heterocycles. The summed E-state index contributed by atoms with van der Waals surface area (Å²) in [4.78, 5) is 30.2. The molecule has 0 saturated heterocycles. The van der Waals surface area contributed by atoms with Gasteiger partial charge in [0.25, 0.3) is 11.8 Å². The van der Waals surface area contributed by atoms with Crippen molar-refractivity contribution in [3.05, 3.63) is 89.2 Å². The zero-order valence-electron chi connectivity index (χ0n) is 18.2. The van der Waals surface area contributed by atoms with Crippen LogP contribution in [0.2, 0.25) is 0 Å². The molecule has 4 nitrogen and oxygen atoms in total. The molecule has 0 aromatic heterocycles. The summed E-state index contributed by atoms with van der Waals surface area (Å²) in [5.74, 6) is -0.513. The van der Waals surface area contributed by atoms with E-state index in [1.165, 1.54) is 30.3 Å². The Morgan fingerprint density at radius 1 is 0.970 bits per heavy atom. The Morgan fingerprint density at radius 3 is 2.52 bits per heavy atom. The molecular weight excluding hydrogens is 435 g/mol. The number of anilines is 1. The van der Waals surface area contributed by atoms with E-state index < -0.39 is 0 Å². The van der Waals surface area contributed by atoms with Crippen LogP contribution in [0.5, 0.6) is 0 Å². The summed E-state index contributed by atoms with van der Waals surface area (Å²) in [7, 11) is 0. The van der Waals surface area contributed by atoms with Gasteiger partial charge in [0, 0.05) is 27.9 Å². The highest BCUT2D eigenvalue weighted by Gasteiger charge is 2.28. The van der Waals surface area contributed by atoms with Crippen LogP contribution in [0, 0.1) is 5.82 Å². The topological polar surface area (TPSA) is 49.4 Å². The maximum Gasteiger partial charge on any atom is 0.256 e. The molecule has 1 N–H and O–H groups in total. The number of benzene rings is 3. The predicted molar refractivity (Wildman–Crippen MR) is 128 cm³/mol. The third-order valence-corrected chi connectivity index (χ3v) is 7.52. The minimum Gasteiger partial charge on any atom is -0.331 e. The van der Waals surface area contributed by atoms with Crippen molar-refractivity contribution in [2.45, 2.75) is 54.5 Å². The van der Waals surface area contributed by atoms with Gasteiger partial charge in [-0.2, -0.15) is 0 Å². The van der Waals surface area contributed by atoms with Crippen molar-refractivity contribution in [3.8, 4) is 0 Å². The number of carbonyl (C=O) groups excluding carboxylic acids is 2. The van der Waals surface area contributed by atoms with Crippen molar-refractivity contribution in [1.82, 2.24) is 4.90 Å². The van der Waals surface area contributed by atoms with Gasteiger partial charge in [-0.05, 0) is 60.9 Å². The number of halogens is 1. The van der Waals surface area contributed by atoms with E-state index >= 15 is 0 Å². The molecule has 2 amide bonds. The number of nitrogens with zero attached hydrogens (tertiary/aromatic N) is 1. The van der Waals surface area contributed by atoms with E-state index in [-0.39, 0.29) is 23.7 Å². The van der Waals surface area contributed by atoms with E-state index in [4.69, 9.17) is 0 Å². The Morgan fingerprint density at radius 2 is 1.73 bits per heavy atom. The molecule has 0 bridgehead atoms. The second-order valence-electron chi connectivity index (χ2n) is 8.61. The molecule has 0 radical (unpaired) electrons. The Bertz CT molecular complexity index is 1190. The van der Waals surface area contributed by atoms with Gasteiger partial charge in [-0.3, -0.25) is 9.59 Å².